The monoisotopic (exact) mass is 554 g/mol. The Balaban J connectivity index is 2.53. The predicted octanol–water partition coefficient (Wildman–Crippen LogP) is 4.91. The van der Waals surface area contributed by atoms with Crippen molar-refractivity contribution >= 4 is 25.0 Å². The number of hydrogen-bond donors (Lipinski definition) is 0. The van der Waals surface area contributed by atoms with Gasteiger partial charge in [-0.15, -0.1) is 0 Å². The average Bonchev–Trinajstić information content (AvgIpc) is 2.82. The van der Waals surface area contributed by atoms with E-state index in [4.69, 9.17) is 4.65 Å². The second kappa shape index (κ2) is 9.91. The molecule has 2 aromatic carbocycles. The number of benzene rings is 2. The van der Waals surface area contributed by atoms with Crippen LogP contribution in [0, 0.1) is 58.2 Å². The van der Waals surface area contributed by atoms with Crippen LogP contribution in [0.1, 0.15) is 41.5 Å². The van der Waals surface area contributed by atoms with Crippen LogP contribution in [0.15, 0.2) is 12.7 Å². The number of rotatable bonds is 3. The van der Waals surface area contributed by atoms with Gasteiger partial charge in [-0.1, -0.05) is 12.7 Å². The zero-order chi connectivity index (χ0) is 29.2. The van der Waals surface area contributed by atoms with Crippen LogP contribution >= 0.6 is 0 Å². The molecule has 38 heavy (non-hydrogen) atoms. The van der Waals surface area contributed by atoms with E-state index in [0.29, 0.717) is 0 Å². The normalized spacial score (nSPS) is 17.9. The van der Waals surface area contributed by atoms with E-state index in [2.05, 4.69) is 6.58 Å². The van der Waals surface area contributed by atoms with Crippen LogP contribution in [0.5, 0.6) is 0 Å². The molecule has 15 heteroatoms. The Morgan fingerprint density at radius 3 is 1.26 bits per heavy atom. The molecular weight excluding hydrogens is 532 g/mol. The molecule has 0 radical (unpaired) electrons. The Morgan fingerprint density at radius 1 is 0.605 bits per heavy atom. The summed E-state index contributed by atoms with van der Waals surface area (Å²) in [6.45, 7) is 9.85. The zero-order valence-electron chi connectivity index (χ0n) is 21.1. The van der Waals surface area contributed by atoms with Gasteiger partial charge in [0.25, 0.3) is 0 Å². The highest BCUT2D eigenvalue weighted by molar-refractivity contribution is 6.83. The Hall–Kier alpha value is -2.51. The second-order valence-electron chi connectivity index (χ2n) is 10.6. The summed E-state index contributed by atoms with van der Waals surface area (Å²) in [5.41, 5.74) is -5.69. The van der Waals surface area contributed by atoms with E-state index in [1.165, 1.54) is 41.5 Å². The van der Waals surface area contributed by atoms with E-state index in [-0.39, 0.29) is 0 Å². The van der Waals surface area contributed by atoms with Gasteiger partial charge in [0.2, 0.25) is 0 Å². The van der Waals surface area contributed by atoms with Gasteiger partial charge >= 0.3 is 14.0 Å². The summed E-state index contributed by atoms with van der Waals surface area (Å²) < 4.78 is 152. The van der Waals surface area contributed by atoms with E-state index in [0.717, 1.165) is 15.6 Å². The van der Waals surface area contributed by atoms with Crippen molar-refractivity contribution in [2.75, 3.05) is 0 Å². The topological polar surface area (TPSA) is 15.7 Å². The van der Waals surface area contributed by atoms with E-state index in [9.17, 15) is 35.1 Å². The molecule has 1 fully saturated rings. The van der Waals surface area contributed by atoms with Crippen LogP contribution in [0.3, 0.4) is 0 Å². The Labute approximate surface area is 213 Å². The van der Waals surface area contributed by atoms with E-state index >= 15 is 8.78 Å². The molecule has 206 valence electrons. The third kappa shape index (κ3) is 4.62. The van der Waals surface area contributed by atoms with Crippen molar-refractivity contribution in [1.29, 1.82) is 0 Å². The lowest BCUT2D eigenvalue weighted by Crippen LogP contribution is -2.81. The summed E-state index contributed by atoms with van der Waals surface area (Å²) in [6, 6.07) is 0. The highest BCUT2D eigenvalue weighted by atomic mass is 19.2. The van der Waals surface area contributed by atoms with Crippen molar-refractivity contribution in [3.8, 4) is 0 Å². The van der Waals surface area contributed by atoms with Gasteiger partial charge in [0.15, 0.2) is 58.2 Å². The highest BCUT2D eigenvalue weighted by Crippen LogP contribution is 2.34. The van der Waals surface area contributed by atoms with Gasteiger partial charge in [0, 0.05) is 16.5 Å². The quantitative estimate of drug-likeness (QED) is 0.177. The zero-order valence-corrected chi connectivity index (χ0v) is 21.1. The molecule has 1 aliphatic rings. The number of hydrogen-bond acceptors (Lipinski definition) is 3. The average molecular weight is 554 g/mol. The minimum absolute atomic E-state index is 0.773. The van der Waals surface area contributed by atoms with Crippen molar-refractivity contribution < 1.29 is 48.6 Å². The van der Waals surface area contributed by atoms with Gasteiger partial charge in [-0.25, -0.2) is 43.9 Å². The largest absolute Gasteiger partial charge is 0.416 e. The standard InChI is InChI=1S/C23H22B2F10N2O/c1-8-9-36(22(2,3)4)24(10-12(26)16(30)20(34)17(31)13(10)27)37(23(5,6)7)25(38-9)11-14(28)18(32)21(35)19(33)15(11)29/h8-9H,1H2,2-7H3. The fraction of sp³-hybridized carbons (Fsp3) is 0.391. The highest BCUT2D eigenvalue weighted by Gasteiger charge is 2.58. The van der Waals surface area contributed by atoms with Crippen molar-refractivity contribution in [2.24, 2.45) is 0 Å². The fourth-order valence-electron chi connectivity index (χ4n) is 4.47. The van der Waals surface area contributed by atoms with Crippen LogP contribution in [-0.4, -0.2) is 40.9 Å². The van der Waals surface area contributed by atoms with Crippen LogP contribution in [-0.2, 0) is 4.65 Å². The maximum atomic E-state index is 15.3. The van der Waals surface area contributed by atoms with Gasteiger partial charge in [0.05, 0.1) is 0 Å². The second-order valence-corrected chi connectivity index (χ2v) is 10.6. The van der Waals surface area contributed by atoms with E-state index < -0.39 is 100 Å². The SMILES string of the molecule is C=CC1OB(c2c(F)c(F)c(F)c(F)c2F)N(C(C)(C)C)B(c2c(F)c(F)c(F)c(F)c2F)N1C(C)(C)C. The minimum atomic E-state index is -2.46. The first-order valence-corrected chi connectivity index (χ1v) is 11.2. The molecule has 0 aromatic heterocycles. The van der Waals surface area contributed by atoms with Crippen LogP contribution < -0.4 is 10.9 Å². The molecule has 1 unspecified atom stereocenters. The molecule has 0 amide bonds. The number of nitrogens with zero attached hydrogens (tertiary/aromatic N) is 2. The summed E-state index contributed by atoms with van der Waals surface area (Å²) in [7, 11) is -2.28. The fourth-order valence-corrected chi connectivity index (χ4v) is 4.47. The molecular formula is C23H22B2F10N2O. The maximum absolute atomic E-state index is 15.3. The van der Waals surface area contributed by atoms with Crippen molar-refractivity contribution in [2.45, 2.75) is 58.8 Å². The summed E-state index contributed by atoms with van der Waals surface area (Å²) in [4.78, 5) is 1.10. The van der Waals surface area contributed by atoms with Gasteiger partial charge in [-0.05, 0) is 47.1 Å². The van der Waals surface area contributed by atoms with Gasteiger partial charge in [-0.2, -0.15) is 0 Å². The summed E-state index contributed by atoms with van der Waals surface area (Å²) in [5, 5.41) is 0. The van der Waals surface area contributed by atoms with Crippen molar-refractivity contribution in [1.82, 2.24) is 9.53 Å². The maximum Gasteiger partial charge on any atom is 0.416 e. The summed E-state index contributed by atoms with van der Waals surface area (Å²) >= 11 is 0. The third-order valence-electron chi connectivity index (χ3n) is 6.07. The van der Waals surface area contributed by atoms with Gasteiger partial charge in [0.1, 0.15) is 6.23 Å². The lowest BCUT2D eigenvalue weighted by molar-refractivity contribution is 0.0258. The molecule has 1 aliphatic heterocycles. The van der Waals surface area contributed by atoms with E-state index in [1.54, 1.807) is 0 Å². The minimum Gasteiger partial charge on any atom is -0.399 e. The molecule has 3 rings (SSSR count). The molecule has 2 aromatic rings. The first kappa shape index (κ1) is 30.0. The van der Waals surface area contributed by atoms with Crippen molar-refractivity contribution in [3.63, 3.8) is 0 Å². The van der Waals surface area contributed by atoms with Gasteiger partial charge in [-0.3, -0.25) is 4.81 Å². The summed E-state index contributed by atoms with van der Waals surface area (Å²) in [6.07, 6.45) is -0.586. The Morgan fingerprint density at radius 2 is 0.947 bits per heavy atom. The molecule has 0 aliphatic carbocycles. The molecule has 3 nitrogen and oxygen atoms in total. The molecule has 1 heterocycles. The van der Waals surface area contributed by atoms with Crippen LogP contribution in [0.25, 0.3) is 0 Å². The molecule has 0 spiro atoms. The Bertz CT molecular complexity index is 1240. The summed E-state index contributed by atoms with van der Waals surface area (Å²) in [5.74, 6) is -23.3. The number of halogens is 10. The molecule has 1 saturated heterocycles. The van der Waals surface area contributed by atoms with Gasteiger partial charge < -0.3 is 9.38 Å². The predicted molar refractivity (Wildman–Crippen MR) is 121 cm³/mol. The first-order valence-electron chi connectivity index (χ1n) is 11.2. The third-order valence-corrected chi connectivity index (χ3v) is 6.07. The molecule has 1 atom stereocenters. The molecule has 0 bridgehead atoms. The smallest absolute Gasteiger partial charge is 0.399 e. The van der Waals surface area contributed by atoms with Crippen molar-refractivity contribution in [3.05, 3.63) is 70.8 Å². The lowest BCUT2D eigenvalue weighted by atomic mass is 9.48. The molecule has 0 N–H and O–H groups in total. The first-order chi connectivity index (χ1) is 17.3. The van der Waals surface area contributed by atoms with E-state index in [1.807, 2.05) is 0 Å². The Kier molecular flexibility index (Phi) is 7.83. The molecule has 0 saturated carbocycles. The van der Waals surface area contributed by atoms with Crippen LogP contribution in [0.2, 0.25) is 0 Å². The lowest BCUT2D eigenvalue weighted by Gasteiger charge is -2.57. The van der Waals surface area contributed by atoms with Crippen LogP contribution in [0.4, 0.5) is 43.9 Å².